The molecule has 2 unspecified atom stereocenters. The van der Waals surface area contributed by atoms with Gasteiger partial charge in [-0.2, -0.15) is 29.3 Å². The monoisotopic (exact) mass is 730 g/mol. The third-order valence-corrected chi connectivity index (χ3v) is 16.4. The maximum absolute atomic E-state index is 3.87. The summed E-state index contributed by atoms with van der Waals surface area (Å²) in [7, 11) is -2.57. The van der Waals surface area contributed by atoms with Gasteiger partial charge >= 0.3 is 79.8 Å². The zero-order valence-electron chi connectivity index (χ0n) is 32.1. The van der Waals surface area contributed by atoms with Crippen LogP contribution in [0, 0.1) is 26.0 Å². The number of fused-ring (bicyclic) bond motifs is 3. The first-order valence-electron chi connectivity index (χ1n) is 18.7. The van der Waals surface area contributed by atoms with Gasteiger partial charge in [0.25, 0.3) is 0 Å². The quantitative estimate of drug-likeness (QED) is 0.114. The van der Waals surface area contributed by atoms with Crippen molar-refractivity contribution in [3.8, 4) is 11.1 Å². The SMILES string of the molecule is CCCC(c1cc2c([c-]c1C)Cc1cc(C)c(C(CCC)[Si](C)(C)C)cc1-2)[Si](C)(C)C.CCCC[C](=[Zr+2])CCCC.[C-]1=CC=CC1. The summed E-state index contributed by atoms with van der Waals surface area (Å²) in [5.74, 6) is 0. The van der Waals surface area contributed by atoms with Crippen LogP contribution in [0.3, 0.4) is 0 Å². The molecule has 2 aliphatic carbocycles. The third kappa shape index (κ3) is 12.5. The molecule has 4 rings (SSSR count). The van der Waals surface area contributed by atoms with Crippen LogP contribution >= 0.6 is 0 Å². The van der Waals surface area contributed by atoms with Gasteiger partial charge in [0.05, 0.1) is 8.07 Å². The molecule has 0 bridgehead atoms. The second-order valence-electron chi connectivity index (χ2n) is 16.0. The van der Waals surface area contributed by atoms with E-state index in [1.165, 1.54) is 97.6 Å². The van der Waals surface area contributed by atoms with E-state index >= 15 is 0 Å². The maximum atomic E-state index is 3.87. The molecule has 0 aliphatic heterocycles. The molecule has 3 heteroatoms. The summed E-state index contributed by atoms with van der Waals surface area (Å²) in [5.41, 5.74) is 13.5. The molecule has 0 aromatic heterocycles. The van der Waals surface area contributed by atoms with E-state index in [1.54, 1.807) is 38.6 Å². The van der Waals surface area contributed by atoms with E-state index in [-0.39, 0.29) is 0 Å². The summed E-state index contributed by atoms with van der Waals surface area (Å²) in [4.78, 5) is 0. The van der Waals surface area contributed by atoms with Gasteiger partial charge < -0.3 is 0 Å². The minimum atomic E-state index is -1.29. The van der Waals surface area contributed by atoms with E-state index in [2.05, 4.69) is 117 Å². The molecule has 0 nitrogen and oxygen atoms in total. The predicted octanol–water partition coefficient (Wildman–Crippen LogP) is 13.6. The van der Waals surface area contributed by atoms with Crippen molar-refractivity contribution in [2.45, 2.75) is 169 Å². The Bertz CT molecular complexity index is 1200. The number of allylic oxidation sites excluding steroid dienone is 4. The minimum absolute atomic E-state index is 0.725. The Morgan fingerprint density at radius 2 is 1.30 bits per heavy atom. The van der Waals surface area contributed by atoms with E-state index in [0.717, 1.165) is 23.9 Å². The number of rotatable bonds is 14. The molecule has 0 saturated carbocycles. The van der Waals surface area contributed by atoms with Crippen LogP contribution in [-0.4, -0.2) is 19.4 Å². The molecule has 0 N–H and O–H groups in total. The first-order valence-corrected chi connectivity index (χ1v) is 27.0. The average Bonchev–Trinajstić information content (AvgIpc) is 3.67. The summed E-state index contributed by atoms with van der Waals surface area (Å²) in [5, 5.41) is 0. The van der Waals surface area contributed by atoms with Crippen molar-refractivity contribution >= 4 is 19.4 Å². The molecule has 0 amide bonds. The Balaban J connectivity index is 0.000000403. The van der Waals surface area contributed by atoms with Crippen molar-refractivity contribution in [3.63, 3.8) is 0 Å². The first kappa shape index (κ1) is 41.3. The fraction of sp³-hybridized carbons (Fsp3) is 0.605. The Kier molecular flexibility index (Phi) is 17.9. The molecule has 2 atom stereocenters. The van der Waals surface area contributed by atoms with Crippen molar-refractivity contribution in [1.82, 2.24) is 0 Å². The van der Waals surface area contributed by atoms with Crippen molar-refractivity contribution in [1.29, 1.82) is 0 Å². The van der Waals surface area contributed by atoms with Crippen LogP contribution in [0.15, 0.2) is 36.4 Å². The summed E-state index contributed by atoms with van der Waals surface area (Å²) in [6, 6.07) is 11.6. The van der Waals surface area contributed by atoms with Crippen molar-refractivity contribution in [2.75, 3.05) is 0 Å². The maximum Gasteiger partial charge on any atom is -0.109 e. The summed E-state index contributed by atoms with van der Waals surface area (Å²) < 4.78 is 1.79. The first-order chi connectivity index (χ1) is 21.7. The molecule has 0 saturated heterocycles. The summed E-state index contributed by atoms with van der Waals surface area (Å²) in [6.07, 6.45) is 24.5. The summed E-state index contributed by atoms with van der Waals surface area (Å²) >= 11 is 1.67. The van der Waals surface area contributed by atoms with Gasteiger partial charge in [-0.25, -0.2) is 12.2 Å². The van der Waals surface area contributed by atoms with Crippen LogP contribution in [0.2, 0.25) is 39.3 Å². The van der Waals surface area contributed by atoms with Crippen LogP contribution in [0.4, 0.5) is 0 Å². The fourth-order valence-electron chi connectivity index (χ4n) is 7.14. The number of hydrogen-bond donors (Lipinski definition) is 0. The largest absolute Gasteiger partial charge is 0.273 e. The zero-order chi connectivity index (χ0) is 34.5. The topological polar surface area (TPSA) is 0 Å². The van der Waals surface area contributed by atoms with Gasteiger partial charge in [-0.15, -0.1) is 17.5 Å². The zero-order valence-corrected chi connectivity index (χ0v) is 36.6. The molecule has 2 aromatic rings. The fourth-order valence-corrected chi connectivity index (χ4v) is 12.8. The van der Waals surface area contributed by atoms with Gasteiger partial charge in [0.1, 0.15) is 0 Å². The third-order valence-electron chi connectivity index (χ3n) is 9.79. The smallest absolute Gasteiger partial charge is 0.109 e. The molecule has 2 aromatic carbocycles. The van der Waals surface area contributed by atoms with Crippen LogP contribution in [-0.2, 0) is 30.7 Å². The van der Waals surface area contributed by atoms with Crippen LogP contribution in [0.5, 0.6) is 0 Å². The number of benzene rings is 2. The van der Waals surface area contributed by atoms with E-state index in [9.17, 15) is 0 Å². The second-order valence-corrected chi connectivity index (χ2v) is 28.6. The number of unbranched alkanes of at least 4 members (excludes halogenated alkanes) is 2. The van der Waals surface area contributed by atoms with Gasteiger partial charge in [0.15, 0.2) is 0 Å². The van der Waals surface area contributed by atoms with E-state index < -0.39 is 16.1 Å². The molecule has 252 valence electrons. The number of hydrogen-bond acceptors (Lipinski definition) is 0. The van der Waals surface area contributed by atoms with Crippen LogP contribution in [0.25, 0.3) is 11.1 Å². The molecule has 2 aliphatic rings. The number of aryl methyl sites for hydroxylation is 2. The molecular weight excluding hydrogens is 664 g/mol. The molecule has 0 heterocycles. The molecule has 0 radical (unpaired) electrons. The Morgan fingerprint density at radius 3 is 1.74 bits per heavy atom. The second kappa shape index (κ2) is 19.9. The molecule has 0 fully saturated rings. The molecule has 0 spiro atoms. The molecule has 46 heavy (non-hydrogen) atoms. The van der Waals surface area contributed by atoms with E-state index in [0.29, 0.717) is 0 Å². The van der Waals surface area contributed by atoms with Crippen molar-refractivity contribution in [3.05, 3.63) is 82.0 Å². The van der Waals surface area contributed by atoms with Gasteiger partial charge in [-0.3, -0.25) is 6.08 Å². The Hall–Kier alpha value is -0.893. The van der Waals surface area contributed by atoms with Gasteiger partial charge in [0, 0.05) is 8.07 Å². The van der Waals surface area contributed by atoms with Crippen molar-refractivity contribution in [2.24, 2.45) is 0 Å². The van der Waals surface area contributed by atoms with Crippen LogP contribution in [0.1, 0.15) is 143 Å². The van der Waals surface area contributed by atoms with Gasteiger partial charge in [-0.1, -0.05) is 103 Å². The normalized spacial score (nSPS) is 14.6. The Morgan fingerprint density at radius 1 is 0.761 bits per heavy atom. The van der Waals surface area contributed by atoms with Crippen molar-refractivity contribution < 1.29 is 24.2 Å². The Labute approximate surface area is 303 Å². The minimum Gasteiger partial charge on any atom is -0.273 e. The van der Waals surface area contributed by atoms with Crippen LogP contribution < -0.4 is 0 Å². The van der Waals surface area contributed by atoms with Gasteiger partial charge in [-0.05, 0) is 42.0 Å². The summed E-state index contributed by atoms with van der Waals surface area (Å²) in [6.45, 7) is 29.1. The van der Waals surface area contributed by atoms with E-state index in [4.69, 9.17) is 0 Å². The van der Waals surface area contributed by atoms with E-state index in [1.807, 2.05) is 12.2 Å². The van der Waals surface area contributed by atoms with Gasteiger partial charge in [0.2, 0.25) is 0 Å². The standard InChI is InChI=1S/C29H45Si2.C9H18.C5H5.Zr/c1-11-13-28(30(5,6)7)24-18-26-22(15-20(24)3)17-23-16-21(4)25(19-27(23)26)29(14-12-2)31(8,9)10;1-3-5-7-9-8-6-4-2;1-2-4-5-3-1;/h15,18-19,28-29H,11-14,17H2,1-10H3;3-8H2,1-2H3;1-3H,4H2;/q-1;;-1;+2. The average molecular weight is 732 g/mol. The predicted molar refractivity (Wildman–Crippen MR) is 211 cm³/mol. The molecular formula is C43H68Si2Zr.